The summed E-state index contributed by atoms with van der Waals surface area (Å²) in [5.41, 5.74) is 1.94. The predicted octanol–water partition coefficient (Wildman–Crippen LogP) is 3.47. The van der Waals surface area contributed by atoms with Crippen LogP contribution in [0.2, 0.25) is 0 Å². The van der Waals surface area contributed by atoms with Gasteiger partial charge in [0.2, 0.25) is 0 Å². The Balaban J connectivity index is 1.55. The average molecular weight is 362 g/mol. The van der Waals surface area contributed by atoms with E-state index in [9.17, 15) is 10.1 Å². The zero-order valence-corrected chi connectivity index (χ0v) is 15.1. The first-order valence-electron chi connectivity index (χ1n) is 9.03. The molecule has 0 aromatic heterocycles. The quantitative estimate of drug-likeness (QED) is 0.605. The molecule has 2 aromatic carbocycles. The van der Waals surface area contributed by atoms with Crippen LogP contribution in [0.4, 0.5) is 0 Å². The summed E-state index contributed by atoms with van der Waals surface area (Å²) in [4.78, 5) is 12.2. The third kappa shape index (κ3) is 5.70. The van der Waals surface area contributed by atoms with E-state index in [1.54, 1.807) is 6.08 Å². The van der Waals surface area contributed by atoms with E-state index in [0.29, 0.717) is 13.2 Å². The number of carbonyl (C=O) groups is 1. The molecule has 1 aliphatic rings. The Hall–Kier alpha value is -3.10. The van der Waals surface area contributed by atoms with Gasteiger partial charge < -0.3 is 14.8 Å². The van der Waals surface area contributed by atoms with Crippen molar-refractivity contribution in [2.75, 3.05) is 13.2 Å². The van der Waals surface area contributed by atoms with Crippen molar-refractivity contribution in [3.8, 4) is 11.8 Å². The maximum Gasteiger partial charge on any atom is 0.262 e. The Morgan fingerprint density at radius 3 is 2.67 bits per heavy atom. The maximum atomic E-state index is 12.2. The van der Waals surface area contributed by atoms with Crippen LogP contribution in [-0.2, 0) is 16.1 Å². The van der Waals surface area contributed by atoms with Crippen LogP contribution in [-0.4, -0.2) is 25.2 Å². The van der Waals surface area contributed by atoms with Gasteiger partial charge in [0.1, 0.15) is 24.0 Å². The SMILES string of the molecule is N#C/C(=C/c1ccc(OCc2ccccc2)cc1)C(=O)NC[C@@H]1CCCO1. The monoisotopic (exact) mass is 362 g/mol. The molecule has 1 heterocycles. The average Bonchev–Trinajstić information content (AvgIpc) is 3.24. The molecular formula is C22H22N2O3. The molecule has 0 aliphatic carbocycles. The number of nitrogens with zero attached hydrogens (tertiary/aromatic N) is 1. The van der Waals surface area contributed by atoms with E-state index in [1.165, 1.54) is 0 Å². The second-order valence-corrected chi connectivity index (χ2v) is 6.36. The molecule has 138 valence electrons. The second kappa shape index (κ2) is 9.56. The summed E-state index contributed by atoms with van der Waals surface area (Å²) in [5, 5.41) is 12.0. The van der Waals surface area contributed by atoms with E-state index in [0.717, 1.165) is 36.3 Å². The molecule has 5 heteroatoms. The highest BCUT2D eigenvalue weighted by Gasteiger charge is 2.17. The molecule has 3 rings (SSSR count). The van der Waals surface area contributed by atoms with Crippen molar-refractivity contribution >= 4 is 12.0 Å². The molecule has 1 amide bonds. The Labute approximate surface area is 159 Å². The first-order chi connectivity index (χ1) is 13.2. The van der Waals surface area contributed by atoms with Crippen molar-refractivity contribution in [2.45, 2.75) is 25.6 Å². The van der Waals surface area contributed by atoms with Gasteiger partial charge in [-0.3, -0.25) is 4.79 Å². The zero-order valence-electron chi connectivity index (χ0n) is 15.1. The highest BCUT2D eigenvalue weighted by atomic mass is 16.5. The fourth-order valence-electron chi connectivity index (χ4n) is 2.82. The van der Waals surface area contributed by atoms with Crippen molar-refractivity contribution < 1.29 is 14.3 Å². The van der Waals surface area contributed by atoms with Gasteiger partial charge in [0.05, 0.1) is 6.10 Å². The minimum Gasteiger partial charge on any atom is -0.489 e. The van der Waals surface area contributed by atoms with Crippen LogP contribution in [0.5, 0.6) is 5.75 Å². The molecule has 1 fully saturated rings. The van der Waals surface area contributed by atoms with Gasteiger partial charge in [-0.05, 0) is 42.2 Å². The lowest BCUT2D eigenvalue weighted by Crippen LogP contribution is -2.32. The Kier molecular flexibility index (Phi) is 6.61. The molecule has 1 atom stereocenters. The van der Waals surface area contributed by atoms with Crippen molar-refractivity contribution in [1.82, 2.24) is 5.32 Å². The molecule has 27 heavy (non-hydrogen) atoms. The summed E-state index contributed by atoms with van der Waals surface area (Å²) < 4.78 is 11.2. The molecule has 0 radical (unpaired) electrons. The van der Waals surface area contributed by atoms with Gasteiger partial charge in [0.15, 0.2) is 0 Å². The minimum atomic E-state index is -0.377. The number of nitrogens with one attached hydrogen (secondary N) is 1. The molecule has 1 aliphatic heterocycles. The van der Waals surface area contributed by atoms with Crippen LogP contribution in [0.25, 0.3) is 6.08 Å². The summed E-state index contributed by atoms with van der Waals surface area (Å²) >= 11 is 0. The third-order valence-corrected chi connectivity index (χ3v) is 4.32. The molecule has 1 saturated heterocycles. The van der Waals surface area contributed by atoms with Crippen molar-refractivity contribution in [2.24, 2.45) is 0 Å². The molecule has 5 nitrogen and oxygen atoms in total. The molecule has 0 bridgehead atoms. The van der Waals surface area contributed by atoms with Crippen LogP contribution in [0.1, 0.15) is 24.0 Å². The Bertz CT molecular complexity index is 817. The van der Waals surface area contributed by atoms with E-state index in [1.807, 2.05) is 60.7 Å². The van der Waals surface area contributed by atoms with Crippen LogP contribution in [0.15, 0.2) is 60.2 Å². The van der Waals surface area contributed by atoms with Gasteiger partial charge in [-0.1, -0.05) is 42.5 Å². The summed E-state index contributed by atoms with van der Waals surface area (Å²) in [6.07, 6.45) is 3.58. The van der Waals surface area contributed by atoms with E-state index in [-0.39, 0.29) is 17.6 Å². The second-order valence-electron chi connectivity index (χ2n) is 6.36. The first-order valence-corrected chi connectivity index (χ1v) is 9.03. The number of rotatable bonds is 7. The molecular weight excluding hydrogens is 340 g/mol. The van der Waals surface area contributed by atoms with Gasteiger partial charge in [-0.2, -0.15) is 5.26 Å². The number of carbonyl (C=O) groups excluding carboxylic acids is 1. The number of benzene rings is 2. The zero-order chi connectivity index (χ0) is 18.9. The highest BCUT2D eigenvalue weighted by Crippen LogP contribution is 2.16. The molecule has 1 N–H and O–H groups in total. The summed E-state index contributed by atoms with van der Waals surface area (Å²) in [5.74, 6) is 0.356. The smallest absolute Gasteiger partial charge is 0.262 e. The largest absolute Gasteiger partial charge is 0.489 e. The number of nitriles is 1. The summed E-state index contributed by atoms with van der Waals surface area (Å²) in [7, 11) is 0. The van der Waals surface area contributed by atoms with Crippen molar-refractivity contribution in [3.63, 3.8) is 0 Å². The van der Waals surface area contributed by atoms with Gasteiger partial charge in [0, 0.05) is 13.2 Å². The maximum absolute atomic E-state index is 12.2. The summed E-state index contributed by atoms with van der Waals surface area (Å²) in [6, 6.07) is 19.2. The first kappa shape index (κ1) is 18.7. The summed E-state index contributed by atoms with van der Waals surface area (Å²) in [6.45, 7) is 1.66. The van der Waals surface area contributed by atoms with Gasteiger partial charge in [0.25, 0.3) is 5.91 Å². The topological polar surface area (TPSA) is 71.3 Å². The van der Waals surface area contributed by atoms with Crippen molar-refractivity contribution in [3.05, 3.63) is 71.3 Å². The third-order valence-electron chi connectivity index (χ3n) is 4.32. The molecule has 2 aromatic rings. The number of hydrogen-bond donors (Lipinski definition) is 1. The number of hydrogen-bond acceptors (Lipinski definition) is 4. The Morgan fingerprint density at radius 1 is 1.22 bits per heavy atom. The normalized spacial score (nSPS) is 16.6. The Morgan fingerprint density at radius 2 is 2.00 bits per heavy atom. The minimum absolute atomic E-state index is 0.0509. The number of ether oxygens (including phenoxy) is 2. The van der Waals surface area contributed by atoms with E-state index < -0.39 is 0 Å². The van der Waals surface area contributed by atoms with Gasteiger partial charge in [-0.15, -0.1) is 0 Å². The van der Waals surface area contributed by atoms with E-state index >= 15 is 0 Å². The van der Waals surface area contributed by atoms with E-state index in [2.05, 4.69) is 5.32 Å². The molecule has 0 spiro atoms. The fourth-order valence-corrected chi connectivity index (χ4v) is 2.82. The lowest BCUT2D eigenvalue weighted by molar-refractivity contribution is -0.117. The van der Waals surface area contributed by atoms with Crippen LogP contribution in [0.3, 0.4) is 0 Å². The van der Waals surface area contributed by atoms with E-state index in [4.69, 9.17) is 9.47 Å². The fraction of sp³-hybridized carbons (Fsp3) is 0.273. The van der Waals surface area contributed by atoms with Crippen LogP contribution >= 0.6 is 0 Å². The number of amides is 1. The van der Waals surface area contributed by atoms with Crippen LogP contribution in [0, 0.1) is 11.3 Å². The van der Waals surface area contributed by atoms with Gasteiger partial charge >= 0.3 is 0 Å². The standard InChI is InChI=1S/C22H22N2O3/c23-14-19(22(25)24-15-21-7-4-12-26-21)13-17-8-10-20(11-9-17)27-16-18-5-2-1-3-6-18/h1-3,5-6,8-11,13,21H,4,7,12,15-16H2,(H,24,25)/b19-13-/t21-/m0/s1. The lowest BCUT2D eigenvalue weighted by Gasteiger charge is -2.10. The lowest BCUT2D eigenvalue weighted by atomic mass is 10.1. The molecule has 0 unspecified atom stereocenters. The highest BCUT2D eigenvalue weighted by molar-refractivity contribution is 6.01. The predicted molar refractivity (Wildman–Crippen MR) is 103 cm³/mol. The van der Waals surface area contributed by atoms with Crippen molar-refractivity contribution in [1.29, 1.82) is 5.26 Å². The van der Waals surface area contributed by atoms with Crippen LogP contribution < -0.4 is 10.1 Å². The van der Waals surface area contributed by atoms with Gasteiger partial charge in [-0.25, -0.2) is 0 Å². The molecule has 0 saturated carbocycles.